The van der Waals surface area contributed by atoms with Crippen LogP contribution in [0.3, 0.4) is 0 Å². The fourth-order valence-electron chi connectivity index (χ4n) is 4.89. The van der Waals surface area contributed by atoms with Crippen LogP contribution in [-0.4, -0.2) is 75.5 Å². The summed E-state index contributed by atoms with van der Waals surface area (Å²) in [7, 11) is -3.85. The highest BCUT2D eigenvalue weighted by molar-refractivity contribution is 7.89. The molecule has 2 aliphatic rings. The van der Waals surface area contributed by atoms with Gasteiger partial charge in [-0.2, -0.15) is 10.2 Å². The number of aromatic nitrogens is 1. The normalized spacial score (nSPS) is 15.9. The molecule has 1 aromatic heterocycles. The topological polar surface area (TPSA) is 159 Å². The van der Waals surface area contributed by atoms with Gasteiger partial charge in [0.05, 0.1) is 24.5 Å². The third kappa shape index (κ3) is 7.73. The Morgan fingerprint density at radius 1 is 1.17 bits per heavy atom. The number of sulfonamides is 1. The number of carbonyl (C=O) groups is 3. The van der Waals surface area contributed by atoms with Gasteiger partial charge >= 0.3 is 5.97 Å². The number of nitrogens with one attached hydrogen (secondary N) is 1. The summed E-state index contributed by atoms with van der Waals surface area (Å²) < 4.78 is 38.2. The Balaban J connectivity index is 1.44. The minimum absolute atomic E-state index is 0.00373. The Bertz CT molecular complexity index is 1420. The van der Waals surface area contributed by atoms with Gasteiger partial charge in [-0.15, -0.1) is 0 Å². The van der Waals surface area contributed by atoms with Crippen molar-refractivity contribution in [2.75, 3.05) is 44.3 Å². The highest BCUT2D eigenvalue weighted by Crippen LogP contribution is 2.30. The van der Waals surface area contributed by atoms with Crippen LogP contribution in [0, 0.1) is 17.2 Å². The van der Waals surface area contributed by atoms with E-state index in [1.165, 1.54) is 6.07 Å². The quantitative estimate of drug-likeness (QED) is 0.388. The van der Waals surface area contributed by atoms with Crippen LogP contribution in [0.1, 0.15) is 54.1 Å². The first-order valence-electron chi connectivity index (χ1n) is 13.6. The van der Waals surface area contributed by atoms with Gasteiger partial charge < -0.3 is 19.3 Å². The van der Waals surface area contributed by atoms with Gasteiger partial charge in [-0.1, -0.05) is 30.3 Å². The molecule has 2 saturated heterocycles. The van der Waals surface area contributed by atoms with Gasteiger partial charge in [-0.25, -0.2) is 13.2 Å². The van der Waals surface area contributed by atoms with E-state index in [1.54, 1.807) is 42.2 Å². The third-order valence-corrected chi connectivity index (χ3v) is 8.20. The van der Waals surface area contributed by atoms with Crippen molar-refractivity contribution in [3.63, 3.8) is 0 Å². The Kier molecular flexibility index (Phi) is 9.78. The summed E-state index contributed by atoms with van der Waals surface area (Å²) in [4.78, 5) is 45.3. The van der Waals surface area contributed by atoms with Crippen molar-refractivity contribution < 1.29 is 32.3 Å². The monoisotopic (exact) mass is 583 g/mol. The van der Waals surface area contributed by atoms with Crippen LogP contribution in [0.4, 0.5) is 5.82 Å². The Labute approximate surface area is 239 Å². The molecule has 0 radical (unpaired) electrons. The van der Waals surface area contributed by atoms with Gasteiger partial charge in [0.15, 0.2) is 5.82 Å². The summed E-state index contributed by atoms with van der Waals surface area (Å²) in [5.41, 5.74) is 0.732. The van der Waals surface area contributed by atoms with Crippen LogP contribution in [0.15, 0.2) is 36.4 Å². The van der Waals surface area contributed by atoms with E-state index in [0.29, 0.717) is 56.8 Å². The molecule has 3 heterocycles. The van der Waals surface area contributed by atoms with Crippen LogP contribution in [0.5, 0.6) is 5.88 Å². The van der Waals surface area contributed by atoms with E-state index in [0.717, 1.165) is 6.42 Å². The van der Waals surface area contributed by atoms with Crippen molar-refractivity contribution in [2.24, 2.45) is 5.92 Å². The lowest BCUT2D eigenvalue weighted by Crippen LogP contribution is -2.43. The molecule has 0 bridgehead atoms. The first-order chi connectivity index (χ1) is 19.7. The van der Waals surface area contributed by atoms with Gasteiger partial charge in [0.2, 0.25) is 27.7 Å². The molecule has 0 unspecified atom stereocenters. The zero-order chi connectivity index (χ0) is 29.4. The van der Waals surface area contributed by atoms with Crippen LogP contribution in [0.25, 0.3) is 0 Å². The van der Waals surface area contributed by atoms with E-state index in [4.69, 9.17) is 9.47 Å². The van der Waals surface area contributed by atoms with Gasteiger partial charge in [0, 0.05) is 32.0 Å². The number of piperidine rings is 1. The molecular weight excluding hydrogens is 550 g/mol. The average Bonchev–Trinajstić information content (AvgIpc) is 3.37. The third-order valence-electron chi connectivity index (χ3n) is 6.98. The predicted molar refractivity (Wildman–Crippen MR) is 148 cm³/mol. The number of nitrogens with zero attached hydrogens (tertiary/aromatic N) is 4. The summed E-state index contributed by atoms with van der Waals surface area (Å²) >= 11 is 0. The number of benzene rings is 1. The van der Waals surface area contributed by atoms with E-state index in [1.807, 2.05) is 4.90 Å². The molecule has 1 aromatic carbocycles. The minimum atomic E-state index is -3.85. The number of nitriles is 1. The molecular formula is C28H33N5O7S. The van der Waals surface area contributed by atoms with Crippen LogP contribution in [0.2, 0.25) is 0 Å². The first kappa shape index (κ1) is 29.8. The summed E-state index contributed by atoms with van der Waals surface area (Å²) in [5, 5.41) is 9.83. The number of hydrogen-bond donors (Lipinski definition) is 1. The van der Waals surface area contributed by atoms with Crippen molar-refractivity contribution in [1.82, 2.24) is 14.6 Å². The van der Waals surface area contributed by atoms with Gasteiger partial charge in [0.25, 0.3) is 0 Å². The number of esters is 1. The van der Waals surface area contributed by atoms with E-state index in [-0.39, 0.29) is 41.9 Å². The number of carbonyl (C=O) groups excluding carboxylic acids is 3. The molecule has 4 rings (SSSR count). The molecule has 2 fully saturated rings. The number of hydrogen-bond acceptors (Lipinski definition) is 10. The molecule has 1 N–H and O–H groups in total. The highest BCUT2D eigenvalue weighted by Gasteiger charge is 2.31. The smallest absolute Gasteiger partial charge is 0.343 e. The second-order valence-corrected chi connectivity index (χ2v) is 11.6. The molecule has 0 aliphatic carbocycles. The summed E-state index contributed by atoms with van der Waals surface area (Å²) in [5.74, 6) is -1.73. The summed E-state index contributed by atoms with van der Waals surface area (Å²) in [6, 6.07) is 12.1. The molecule has 12 nitrogen and oxygen atoms in total. The minimum Gasteiger partial charge on any atom is -0.475 e. The zero-order valence-corrected chi connectivity index (χ0v) is 23.7. The Morgan fingerprint density at radius 2 is 1.90 bits per heavy atom. The van der Waals surface area contributed by atoms with E-state index < -0.39 is 27.8 Å². The maximum Gasteiger partial charge on any atom is 0.343 e. The number of amides is 2. The number of pyridine rings is 1. The van der Waals surface area contributed by atoms with Crippen LogP contribution >= 0.6 is 0 Å². The Hall–Kier alpha value is -4.18. The van der Waals surface area contributed by atoms with Gasteiger partial charge in [0.1, 0.15) is 18.2 Å². The standard InChI is InChI=1S/C28H33N5O7S/c1-2-39-28(36)23-17-22(18-29)25(30-27(23)40-16-15-32-12-6-9-24(32)34)33-13-10-21(11-14-33)26(35)31-41(37,38)19-20-7-4-3-5-8-20/h3-5,7-8,17,21H,2,6,9-16,19H2,1H3,(H,31,35). The maximum absolute atomic E-state index is 12.8. The molecule has 13 heteroatoms. The number of ether oxygens (including phenoxy) is 2. The maximum atomic E-state index is 12.8. The van der Waals surface area contributed by atoms with Crippen LogP contribution in [-0.2, 0) is 30.1 Å². The van der Waals surface area contributed by atoms with Gasteiger partial charge in [-0.05, 0) is 37.8 Å². The van der Waals surface area contributed by atoms with Crippen LogP contribution < -0.4 is 14.4 Å². The molecule has 0 saturated carbocycles. The molecule has 2 aromatic rings. The average molecular weight is 584 g/mol. The first-order valence-corrected chi connectivity index (χ1v) is 15.2. The molecule has 41 heavy (non-hydrogen) atoms. The second kappa shape index (κ2) is 13.5. The predicted octanol–water partition coefficient (Wildman–Crippen LogP) is 1.99. The number of rotatable bonds is 11. The fraction of sp³-hybridized carbons (Fsp3) is 0.464. The lowest BCUT2D eigenvalue weighted by atomic mass is 9.96. The van der Waals surface area contributed by atoms with Crippen molar-refractivity contribution in [2.45, 2.75) is 38.4 Å². The largest absolute Gasteiger partial charge is 0.475 e. The van der Waals surface area contributed by atoms with E-state index in [2.05, 4.69) is 15.8 Å². The SMILES string of the molecule is CCOC(=O)c1cc(C#N)c(N2CCC(C(=O)NS(=O)(=O)Cc3ccccc3)CC2)nc1OCCN1CCCC1=O. The molecule has 2 amide bonds. The van der Waals surface area contributed by atoms with Gasteiger partial charge in [-0.3, -0.25) is 14.3 Å². The zero-order valence-electron chi connectivity index (χ0n) is 22.9. The lowest BCUT2D eigenvalue weighted by Gasteiger charge is -2.32. The molecule has 0 atom stereocenters. The summed E-state index contributed by atoms with van der Waals surface area (Å²) in [6.07, 6.45) is 1.97. The number of anilines is 1. The lowest BCUT2D eigenvalue weighted by molar-refractivity contribution is -0.128. The molecule has 2 aliphatic heterocycles. The highest BCUT2D eigenvalue weighted by atomic mass is 32.2. The van der Waals surface area contributed by atoms with E-state index in [9.17, 15) is 28.1 Å². The second-order valence-electron chi connectivity index (χ2n) is 9.85. The number of likely N-dealkylation sites (tertiary alicyclic amines) is 1. The fourth-order valence-corrected chi connectivity index (χ4v) is 6.07. The molecule has 218 valence electrons. The summed E-state index contributed by atoms with van der Waals surface area (Å²) in [6.45, 7) is 3.55. The van der Waals surface area contributed by atoms with Crippen molar-refractivity contribution >= 4 is 33.6 Å². The van der Waals surface area contributed by atoms with Crippen molar-refractivity contribution in [3.8, 4) is 11.9 Å². The Morgan fingerprint density at radius 3 is 2.54 bits per heavy atom. The van der Waals surface area contributed by atoms with E-state index >= 15 is 0 Å². The van der Waals surface area contributed by atoms with Crippen molar-refractivity contribution in [3.05, 3.63) is 53.1 Å². The van der Waals surface area contributed by atoms with Crippen molar-refractivity contribution in [1.29, 1.82) is 5.26 Å². The molecule has 0 spiro atoms.